The molecule has 8 aromatic carbocycles. The first-order chi connectivity index (χ1) is 27.5. The first-order valence-electron chi connectivity index (χ1n) is 18.6. The van der Waals surface area contributed by atoms with Gasteiger partial charge in [0.2, 0.25) is 0 Å². The van der Waals surface area contributed by atoms with E-state index in [9.17, 15) is 10.2 Å². The predicted molar refractivity (Wildman–Crippen MR) is 229 cm³/mol. The highest BCUT2D eigenvalue weighted by molar-refractivity contribution is 5.68. The molecule has 0 saturated heterocycles. The summed E-state index contributed by atoms with van der Waals surface area (Å²) in [7, 11) is 0. The third-order valence-electron chi connectivity index (χ3n) is 10.2. The Labute approximate surface area is 329 Å². The van der Waals surface area contributed by atoms with E-state index in [0.29, 0.717) is 22.3 Å². The number of hydrogen-bond acceptors (Lipinski definition) is 2. The molecule has 0 aromatic heterocycles. The van der Waals surface area contributed by atoms with Crippen molar-refractivity contribution in [1.29, 1.82) is 0 Å². The summed E-state index contributed by atoms with van der Waals surface area (Å²) in [6.45, 7) is 0. The fourth-order valence-corrected chi connectivity index (χ4v) is 7.00. The van der Waals surface area contributed by atoms with Crippen molar-refractivity contribution in [3.05, 3.63) is 241 Å². The van der Waals surface area contributed by atoms with Gasteiger partial charge in [0.1, 0.15) is 0 Å². The van der Waals surface area contributed by atoms with Crippen LogP contribution in [-0.2, 0) is 11.2 Å². The lowest BCUT2D eigenvalue weighted by Gasteiger charge is -2.24. The van der Waals surface area contributed by atoms with E-state index in [-0.39, 0.29) is 0 Å². The van der Waals surface area contributed by atoms with Gasteiger partial charge < -0.3 is 10.2 Å². The van der Waals surface area contributed by atoms with Gasteiger partial charge in [0, 0.05) is 22.3 Å². The van der Waals surface area contributed by atoms with E-state index >= 15 is 0 Å². The van der Waals surface area contributed by atoms with Crippen LogP contribution >= 0.6 is 0 Å². The number of hydrogen-bond donors (Lipinski definition) is 2. The SMILES string of the molecule is OC(C#CC#CC(O)(c1ccc(-c2ccccc2)cc1)c1ccc(-c2ccccc2)cc1)(c1ccc(-c2ccccc2)cc1)c1ccc(-c2ccccc2)cc1. The van der Waals surface area contributed by atoms with Crippen LogP contribution in [0, 0.1) is 23.7 Å². The summed E-state index contributed by atoms with van der Waals surface area (Å²) in [6, 6.07) is 71.8. The highest BCUT2D eigenvalue weighted by atomic mass is 16.3. The van der Waals surface area contributed by atoms with Crippen molar-refractivity contribution in [2.75, 3.05) is 0 Å². The largest absolute Gasteiger partial charge is 0.369 e. The third kappa shape index (κ3) is 7.58. The highest BCUT2D eigenvalue weighted by Gasteiger charge is 2.31. The Morgan fingerprint density at radius 3 is 0.607 bits per heavy atom. The lowest BCUT2D eigenvalue weighted by atomic mass is 9.84. The standard InChI is InChI=1S/C54H38O2/c55-53(49-31-23-45(24-32-49)41-15-5-1-6-16-41,50-33-25-46(26-34-50)42-17-7-2-8-18-42)39-13-14-40-54(56,51-35-27-47(28-36-51)43-19-9-3-10-20-43)52-37-29-48(30-38-52)44-21-11-4-12-22-44/h1-12,15-38,55-56H. The minimum Gasteiger partial charge on any atom is -0.369 e. The average molecular weight is 719 g/mol. The lowest BCUT2D eigenvalue weighted by Crippen LogP contribution is -2.26. The Morgan fingerprint density at radius 1 is 0.232 bits per heavy atom. The summed E-state index contributed by atoms with van der Waals surface area (Å²) in [5, 5.41) is 25.0. The maximum absolute atomic E-state index is 12.5. The number of aliphatic hydroxyl groups is 2. The summed E-state index contributed by atoms with van der Waals surface area (Å²) in [6.07, 6.45) is 0. The van der Waals surface area contributed by atoms with Gasteiger partial charge in [-0.3, -0.25) is 0 Å². The molecule has 0 amide bonds. The zero-order chi connectivity index (χ0) is 38.2. The maximum atomic E-state index is 12.5. The molecule has 0 spiro atoms. The summed E-state index contributed by atoms with van der Waals surface area (Å²) < 4.78 is 0. The van der Waals surface area contributed by atoms with E-state index in [1.54, 1.807) is 0 Å². The van der Waals surface area contributed by atoms with Crippen LogP contribution in [0.1, 0.15) is 22.3 Å². The molecule has 0 aliphatic rings. The molecular formula is C54H38O2. The van der Waals surface area contributed by atoms with Crippen molar-refractivity contribution in [2.24, 2.45) is 0 Å². The Kier molecular flexibility index (Phi) is 10.3. The molecule has 2 heteroatoms. The Bertz CT molecular complexity index is 2290. The quantitative estimate of drug-likeness (QED) is 0.154. The van der Waals surface area contributed by atoms with Gasteiger partial charge in [-0.05, 0) is 68.2 Å². The lowest BCUT2D eigenvalue weighted by molar-refractivity contribution is 0.144. The molecule has 0 saturated carbocycles. The van der Waals surface area contributed by atoms with Crippen molar-refractivity contribution < 1.29 is 10.2 Å². The smallest absolute Gasteiger partial charge is 0.177 e. The van der Waals surface area contributed by atoms with Gasteiger partial charge in [0.25, 0.3) is 0 Å². The van der Waals surface area contributed by atoms with Gasteiger partial charge >= 0.3 is 0 Å². The molecule has 8 aromatic rings. The molecule has 0 atom stereocenters. The molecule has 8 rings (SSSR count). The highest BCUT2D eigenvalue weighted by Crippen LogP contribution is 2.35. The molecule has 0 aliphatic heterocycles. The van der Waals surface area contributed by atoms with Crippen LogP contribution in [0.2, 0.25) is 0 Å². The minimum atomic E-state index is -1.69. The van der Waals surface area contributed by atoms with E-state index in [1.807, 2.05) is 170 Å². The molecule has 0 fully saturated rings. The van der Waals surface area contributed by atoms with Crippen LogP contribution in [0.15, 0.2) is 218 Å². The summed E-state index contributed by atoms with van der Waals surface area (Å²) >= 11 is 0. The molecule has 0 aliphatic carbocycles. The second-order valence-corrected chi connectivity index (χ2v) is 13.7. The van der Waals surface area contributed by atoms with E-state index in [1.165, 1.54) is 0 Å². The van der Waals surface area contributed by atoms with E-state index in [0.717, 1.165) is 44.5 Å². The van der Waals surface area contributed by atoms with Crippen molar-refractivity contribution in [1.82, 2.24) is 0 Å². The van der Waals surface area contributed by atoms with E-state index in [2.05, 4.69) is 72.2 Å². The zero-order valence-corrected chi connectivity index (χ0v) is 30.7. The van der Waals surface area contributed by atoms with Crippen molar-refractivity contribution in [2.45, 2.75) is 11.2 Å². The van der Waals surface area contributed by atoms with Crippen LogP contribution in [0.5, 0.6) is 0 Å². The van der Waals surface area contributed by atoms with Gasteiger partial charge in [-0.1, -0.05) is 218 Å². The van der Waals surface area contributed by atoms with E-state index in [4.69, 9.17) is 0 Å². The zero-order valence-electron chi connectivity index (χ0n) is 30.7. The van der Waals surface area contributed by atoms with E-state index < -0.39 is 11.2 Å². The molecule has 0 radical (unpaired) electrons. The van der Waals surface area contributed by atoms with Crippen LogP contribution in [-0.4, -0.2) is 10.2 Å². The Hall–Kier alpha value is -7.20. The molecule has 0 bridgehead atoms. The Balaban J connectivity index is 1.19. The number of benzene rings is 8. The van der Waals surface area contributed by atoms with Gasteiger partial charge in [-0.15, -0.1) is 0 Å². The van der Waals surface area contributed by atoms with Gasteiger partial charge in [0.15, 0.2) is 11.2 Å². The molecule has 0 heterocycles. The van der Waals surface area contributed by atoms with Gasteiger partial charge in [-0.2, -0.15) is 0 Å². The second-order valence-electron chi connectivity index (χ2n) is 13.7. The van der Waals surface area contributed by atoms with Crippen LogP contribution in [0.3, 0.4) is 0 Å². The molecule has 2 nitrogen and oxygen atoms in total. The summed E-state index contributed by atoms with van der Waals surface area (Å²) in [5.74, 6) is 12.1. The molecular weight excluding hydrogens is 681 g/mol. The van der Waals surface area contributed by atoms with Gasteiger partial charge in [-0.25, -0.2) is 0 Å². The monoisotopic (exact) mass is 718 g/mol. The molecule has 0 unspecified atom stereocenters. The van der Waals surface area contributed by atoms with Crippen LogP contribution in [0.25, 0.3) is 44.5 Å². The average Bonchev–Trinajstić information content (AvgIpc) is 3.29. The first-order valence-corrected chi connectivity index (χ1v) is 18.6. The molecule has 266 valence electrons. The van der Waals surface area contributed by atoms with Gasteiger partial charge in [0.05, 0.1) is 0 Å². The molecule has 2 N–H and O–H groups in total. The fourth-order valence-electron chi connectivity index (χ4n) is 7.00. The minimum absolute atomic E-state index is 0.613. The van der Waals surface area contributed by atoms with Crippen LogP contribution < -0.4 is 0 Å². The predicted octanol–water partition coefficient (Wildman–Crippen LogP) is 11.5. The molecule has 56 heavy (non-hydrogen) atoms. The van der Waals surface area contributed by atoms with Crippen molar-refractivity contribution >= 4 is 0 Å². The van der Waals surface area contributed by atoms with Crippen molar-refractivity contribution in [3.63, 3.8) is 0 Å². The summed E-state index contributed by atoms with van der Waals surface area (Å²) in [5.41, 5.74) is 7.54. The second kappa shape index (κ2) is 16.0. The maximum Gasteiger partial charge on any atom is 0.177 e. The van der Waals surface area contributed by atoms with Crippen molar-refractivity contribution in [3.8, 4) is 68.2 Å². The fraction of sp³-hybridized carbons (Fsp3) is 0.0370. The topological polar surface area (TPSA) is 40.5 Å². The third-order valence-corrected chi connectivity index (χ3v) is 10.2. The number of rotatable bonds is 8. The summed E-state index contributed by atoms with van der Waals surface area (Å²) in [4.78, 5) is 0. The first kappa shape index (κ1) is 35.8. The normalized spacial score (nSPS) is 11.1. The van der Waals surface area contributed by atoms with Crippen LogP contribution in [0.4, 0.5) is 0 Å². The Morgan fingerprint density at radius 2 is 0.411 bits per heavy atom.